The second-order valence-electron chi connectivity index (χ2n) is 0.848. The van der Waals surface area contributed by atoms with Crippen LogP contribution in [0, 0.1) is 7.18 Å². The van der Waals surface area contributed by atoms with Crippen LogP contribution in [0.5, 0.6) is 0 Å². The highest BCUT2D eigenvalue weighted by Crippen LogP contribution is 1.85. The molecule has 71 valence electrons. The van der Waals surface area contributed by atoms with Crippen LogP contribution >= 0.6 is 0 Å². The first-order chi connectivity index (χ1) is 5.41. The summed E-state index contributed by atoms with van der Waals surface area (Å²) in [6.45, 7) is 6.51. The minimum Gasteiger partial charge on any atom is -0.474 e. The van der Waals surface area contributed by atoms with Gasteiger partial charge in [0.05, 0.1) is 12.5 Å². The Bertz CT molecular complexity index is 174. The molecular formula is C5H6F3O3S. The lowest BCUT2D eigenvalue weighted by atomic mass is 11.1. The van der Waals surface area contributed by atoms with Crippen LogP contribution in [0.25, 0.3) is 0 Å². The van der Waals surface area contributed by atoms with Gasteiger partial charge in [-0.15, -0.1) is 0 Å². The molecule has 3 radical (unpaired) electrons. The summed E-state index contributed by atoms with van der Waals surface area (Å²) in [5, 5.41) is 0. The lowest BCUT2D eigenvalue weighted by Gasteiger charge is -1.76. The second-order valence-corrected chi connectivity index (χ2v) is 1.60. The van der Waals surface area contributed by atoms with Gasteiger partial charge in [0.15, 0.2) is 0 Å². The van der Waals surface area contributed by atoms with Crippen molar-refractivity contribution in [2.45, 2.75) is 0 Å². The third kappa shape index (κ3) is 558. The van der Waals surface area contributed by atoms with Crippen molar-refractivity contribution in [3.8, 4) is 0 Å². The van der Waals surface area contributed by atoms with Crippen LogP contribution in [0.2, 0.25) is 0 Å². The quantitative estimate of drug-likeness (QED) is 0.509. The molecule has 0 aliphatic rings. The van der Waals surface area contributed by atoms with Gasteiger partial charge in [-0.05, 0) is 0 Å². The molecule has 3 nitrogen and oxygen atoms in total. The normalized spacial score (nSPS) is 7.67. The Hall–Kier alpha value is -0.980. The molecule has 0 unspecified atom stereocenters. The summed E-state index contributed by atoms with van der Waals surface area (Å²) in [4.78, 5) is 0. The van der Waals surface area contributed by atoms with Gasteiger partial charge < -0.3 is 4.74 Å². The monoisotopic (exact) mass is 203 g/mol. The molecule has 0 bridgehead atoms. The summed E-state index contributed by atoms with van der Waals surface area (Å²) in [7, 11) is -1.42. The zero-order valence-electron chi connectivity index (χ0n) is 5.84. The van der Waals surface area contributed by atoms with Crippen molar-refractivity contribution >= 4 is 10.6 Å². The van der Waals surface area contributed by atoms with Crippen molar-refractivity contribution < 1.29 is 25.3 Å². The Morgan fingerprint density at radius 3 is 1.33 bits per heavy atom. The van der Waals surface area contributed by atoms with Crippen molar-refractivity contribution in [3.05, 3.63) is 32.9 Å². The van der Waals surface area contributed by atoms with E-state index < -0.39 is 10.6 Å². The van der Waals surface area contributed by atoms with Crippen LogP contribution in [0.15, 0.2) is 25.7 Å². The maximum atomic E-state index is 9.99. The molecule has 0 spiro atoms. The predicted octanol–water partition coefficient (Wildman–Crippen LogP) is 1.96. The molecule has 0 saturated carbocycles. The van der Waals surface area contributed by atoms with Crippen LogP contribution in [0.4, 0.5) is 12.2 Å². The molecule has 0 atom stereocenters. The molecule has 0 aromatic heterocycles. The predicted molar refractivity (Wildman–Crippen MR) is 37.0 cm³/mol. The summed E-state index contributed by atoms with van der Waals surface area (Å²) in [6.07, 6.45) is 2.62. The van der Waals surface area contributed by atoms with Gasteiger partial charge >= 0.3 is 10.6 Å². The van der Waals surface area contributed by atoms with Crippen LogP contribution in [-0.2, 0) is 15.3 Å². The van der Waals surface area contributed by atoms with Crippen LogP contribution in [0.1, 0.15) is 0 Å². The molecule has 0 heterocycles. The van der Waals surface area contributed by atoms with Crippen molar-refractivity contribution in [3.63, 3.8) is 0 Å². The zero-order chi connectivity index (χ0) is 10.6. The first-order valence-corrected chi connectivity index (χ1v) is 3.40. The number of rotatable bonds is 2. The Morgan fingerprint density at radius 1 is 1.17 bits per heavy atom. The average molecular weight is 203 g/mol. The summed E-state index contributed by atoms with van der Waals surface area (Å²) >= 11 is 0. The fourth-order valence-corrected chi connectivity index (χ4v) is 0.0680. The van der Waals surface area contributed by atoms with Crippen molar-refractivity contribution in [2.75, 3.05) is 0 Å². The second kappa shape index (κ2) is 12.7. The zero-order valence-corrected chi connectivity index (χ0v) is 6.65. The molecule has 0 fully saturated rings. The molecule has 7 heteroatoms. The lowest BCUT2D eigenvalue weighted by molar-refractivity contribution is 0.406. The number of halogens is 3. The van der Waals surface area contributed by atoms with Gasteiger partial charge in [0.2, 0.25) is 7.18 Å². The molecule has 12 heavy (non-hydrogen) atoms. The molecule has 0 aromatic rings. The first-order valence-electron chi connectivity index (χ1n) is 2.12. The highest BCUT2D eigenvalue weighted by atomic mass is 32.3. The third-order valence-corrected chi connectivity index (χ3v) is 0.192. The van der Waals surface area contributed by atoms with Gasteiger partial charge in [0.25, 0.3) is 0 Å². The molecule has 0 N–H and O–H groups in total. The SMILES string of the molecule is C=COC=C.O=S(=O)(F)F.[C]F. The maximum absolute atomic E-state index is 9.99. The molecule has 0 aliphatic heterocycles. The van der Waals surface area contributed by atoms with E-state index in [1.165, 1.54) is 12.5 Å². The van der Waals surface area contributed by atoms with Crippen LogP contribution < -0.4 is 0 Å². The highest BCUT2D eigenvalue weighted by molar-refractivity contribution is 7.81. The van der Waals surface area contributed by atoms with Gasteiger partial charge in [-0.1, -0.05) is 20.9 Å². The first kappa shape index (κ1) is 17.2. The van der Waals surface area contributed by atoms with Crippen molar-refractivity contribution in [2.24, 2.45) is 0 Å². The third-order valence-electron chi connectivity index (χ3n) is 0.192. The Balaban J connectivity index is -0.000000112. The molecule has 0 saturated heterocycles. The van der Waals surface area contributed by atoms with Crippen LogP contribution in [-0.4, -0.2) is 8.42 Å². The van der Waals surface area contributed by atoms with Crippen LogP contribution in [0.3, 0.4) is 0 Å². The van der Waals surface area contributed by atoms with E-state index in [0.717, 1.165) is 0 Å². The lowest BCUT2D eigenvalue weighted by Crippen LogP contribution is -1.69. The van der Waals surface area contributed by atoms with E-state index in [2.05, 4.69) is 25.1 Å². The molecular weight excluding hydrogens is 197 g/mol. The number of ether oxygens (including phenoxy) is 1. The smallest absolute Gasteiger partial charge is 0.474 e. The minimum atomic E-state index is -5.67. The standard InChI is InChI=1S/C4H6O.CF.F2O2S/c1-3-5-4-2;1-2;1-5(2,3)4/h3-4H,1-2H2;;. The minimum absolute atomic E-state index is 1.31. The van der Waals surface area contributed by atoms with Gasteiger partial charge in [0, 0.05) is 0 Å². The molecule has 0 amide bonds. The Labute approximate surface area is 69.7 Å². The van der Waals surface area contributed by atoms with E-state index in [4.69, 9.17) is 12.8 Å². The van der Waals surface area contributed by atoms with Crippen molar-refractivity contribution in [1.29, 1.82) is 0 Å². The van der Waals surface area contributed by atoms with Gasteiger partial charge in [-0.25, -0.2) is 4.39 Å². The highest BCUT2D eigenvalue weighted by Gasteiger charge is 1.94. The van der Waals surface area contributed by atoms with Crippen molar-refractivity contribution in [1.82, 2.24) is 0 Å². The van der Waals surface area contributed by atoms with E-state index >= 15 is 0 Å². The number of hydrogen-bond donors (Lipinski definition) is 0. The molecule has 0 aliphatic carbocycles. The summed E-state index contributed by atoms with van der Waals surface area (Å²) in [5.74, 6) is 0. The summed E-state index contributed by atoms with van der Waals surface area (Å²) in [5.41, 5.74) is 0. The van der Waals surface area contributed by atoms with E-state index in [0.29, 0.717) is 0 Å². The molecule has 0 aromatic carbocycles. The van der Waals surface area contributed by atoms with Gasteiger partial charge in [0.1, 0.15) is 0 Å². The largest absolute Gasteiger partial charge is 0.476 e. The van der Waals surface area contributed by atoms with E-state index in [-0.39, 0.29) is 0 Å². The van der Waals surface area contributed by atoms with Gasteiger partial charge in [-0.3, -0.25) is 0 Å². The Kier molecular flexibility index (Phi) is 18.2. The van der Waals surface area contributed by atoms with Gasteiger partial charge in [-0.2, -0.15) is 8.42 Å². The topological polar surface area (TPSA) is 43.4 Å². The number of hydrogen-bond acceptors (Lipinski definition) is 3. The fourth-order valence-electron chi connectivity index (χ4n) is 0.0680. The summed E-state index contributed by atoms with van der Waals surface area (Å²) in [6, 6.07) is 0. The molecule has 0 rings (SSSR count). The fraction of sp³-hybridized carbons (Fsp3) is 0. The van der Waals surface area contributed by atoms with E-state index in [1.54, 1.807) is 0 Å². The maximum Gasteiger partial charge on any atom is 0.476 e. The van der Waals surface area contributed by atoms with E-state index in [1.807, 2.05) is 0 Å². The van der Waals surface area contributed by atoms with E-state index in [9.17, 15) is 7.77 Å². The average Bonchev–Trinajstić information content (AvgIpc) is 1.90. The summed E-state index contributed by atoms with van der Waals surface area (Å²) < 4.78 is 49.7. The Morgan fingerprint density at radius 2 is 1.33 bits per heavy atom.